The molecule has 0 atom stereocenters. The van der Waals surface area contributed by atoms with Crippen LogP contribution in [-0.4, -0.2) is 24.8 Å². The Kier molecular flexibility index (Phi) is 5.23. The molecule has 0 saturated heterocycles. The number of hydrogen-bond acceptors (Lipinski definition) is 3. The second-order valence-electron chi connectivity index (χ2n) is 4.89. The van der Waals surface area contributed by atoms with Gasteiger partial charge in [0.1, 0.15) is 11.5 Å². The van der Waals surface area contributed by atoms with E-state index in [0.717, 1.165) is 10.0 Å². The van der Waals surface area contributed by atoms with Crippen molar-refractivity contribution in [1.82, 2.24) is 0 Å². The number of rotatable bonds is 6. The van der Waals surface area contributed by atoms with E-state index in [4.69, 9.17) is 9.47 Å². The number of methoxy groups -OCH3 is 1. The summed E-state index contributed by atoms with van der Waals surface area (Å²) in [5.74, 6) is 0.499. The largest absolute Gasteiger partial charge is 0.495 e. The number of hydrogen-bond donors (Lipinski definition) is 1. The van der Waals surface area contributed by atoms with Gasteiger partial charge in [-0.2, -0.15) is 0 Å². The van der Waals surface area contributed by atoms with Crippen LogP contribution in [0.3, 0.4) is 0 Å². The van der Waals surface area contributed by atoms with E-state index >= 15 is 0 Å². The Bertz CT molecular complexity index is 469. The molecular weight excluding hydrogens is 312 g/mol. The number of ether oxygens (including phenoxy) is 2. The molecule has 0 spiro atoms. The molecule has 1 rings (SSSR count). The highest BCUT2D eigenvalue weighted by Gasteiger charge is 2.29. The van der Waals surface area contributed by atoms with Crippen molar-refractivity contribution in [2.45, 2.75) is 27.2 Å². The lowest BCUT2D eigenvalue weighted by Gasteiger charge is -2.21. The van der Waals surface area contributed by atoms with Gasteiger partial charge in [-0.15, -0.1) is 0 Å². The summed E-state index contributed by atoms with van der Waals surface area (Å²) >= 11 is 3.41. The second-order valence-corrected chi connectivity index (χ2v) is 5.75. The quantitative estimate of drug-likeness (QED) is 0.867. The van der Waals surface area contributed by atoms with E-state index in [2.05, 4.69) is 15.9 Å². The first kappa shape index (κ1) is 15.8. The van der Waals surface area contributed by atoms with Gasteiger partial charge < -0.3 is 14.6 Å². The molecule has 0 aliphatic heterocycles. The maximum absolute atomic E-state index is 11.2. The van der Waals surface area contributed by atoms with Crippen LogP contribution in [0, 0.1) is 5.41 Å². The minimum Gasteiger partial charge on any atom is -0.495 e. The van der Waals surface area contributed by atoms with Crippen LogP contribution in [0.4, 0.5) is 0 Å². The number of carboxylic acid groups (broad SMARTS) is 1. The number of halogens is 1. The molecule has 0 saturated carbocycles. The van der Waals surface area contributed by atoms with Gasteiger partial charge in [0.2, 0.25) is 0 Å². The molecule has 0 aliphatic carbocycles. The predicted octanol–water partition coefficient (Wildman–Crippen LogP) is 3.51. The Morgan fingerprint density at radius 1 is 1.37 bits per heavy atom. The molecule has 0 radical (unpaired) electrons. The zero-order valence-corrected chi connectivity index (χ0v) is 13.2. The highest BCUT2D eigenvalue weighted by Crippen LogP contribution is 2.36. The maximum atomic E-state index is 11.2. The minimum atomic E-state index is -0.847. The SMILES string of the molecule is CCOc1cc(OC)c(Br)cc1CC(C)(C)C(=O)O. The van der Waals surface area contributed by atoms with E-state index in [1.165, 1.54) is 0 Å². The Morgan fingerprint density at radius 2 is 2.00 bits per heavy atom. The first-order valence-corrected chi connectivity index (χ1v) is 6.83. The zero-order chi connectivity index (χ0) is 14.6. The van der Waals surface area contributed by atoms with Crippen LogP contribution >= 0.6 is 15.9 Å². The van der Waals surface area contributed by atoms with Crippen LogP contribution in [0.2, 0.25) is 0 Å². The fourth-order valence-corrected chi connectivity index (χ4v) is 2.26. The lowest BCUT2D eigenvalue weighted by atomic mass is 9.85. The van der Waals surface area contributed by atoms with E-state index in [9.17, 15) is 9.90 Å². The van der Waals surface area contributed by atoms with Crippen molar-refractivity contribution in [3.05, 3.63) is 22.2 Å². The summed E-state index contributed by atoms with van der Waals surface area (Å²) in [5, 5.41) is 9.22. The van der Waals surface area contributed by atoms with Crippen molar-refractivity contribution in [3.63, 3.8) is 0 Å². The molecule has 5 heteroatoms. The molecule has 1 N–H and O–H groups in total. The normalized spacial score (nSPS) is 11.2. The number of aliphatic carboxylic acids is 1. The fraction of sp³-hybridized carbons (Fsp3) is 0.500. The third-order valence-corrected chi connectivity index (χ3v) is 3.47. The molecule has 0 fully saturated rings. The van der Waals surface area contributed by atoms with E-state index in [-0.39, 0.29) is 0 Å². The molecule has 1 aromatic carbocycles. The molecular formula is C14H19BrO4. The van der Waals surface area contributed by atoms with Gasteiger partial charge in [-0.1, -0.05) is 0 Å². The average Bonchev–Trinajstić information content (AvgIpc) is 2.32. The first-order valence-electron chi connectivity index (χ1n) is 6.04. The monoisotopic (exact) mass is 330 g/mol. The Hall–Kier alpha value is -1.23. The molecule has 0 bridgehead atoms. The lowest BCUT2D eigenvalue weighted by molar-refractivity contribution is -0.146. The third kappa shape index (κ3) is 3.86. The molecule has 0 aliphatic rings. The summed E-state index contributed by atoms with van der Waals surface area (Å²) in [7, 11) is 1.58. The average molecular weight is 331 g/mol. The van der Waals surface area contributed by atoms with Crippen LogP contribution in [0.5, 0.6) is 11.5 Å². The van der Waals surface area contributed by atoms with Gasteiger partial charge in [0.05, 0.1) is 23.6 Å². The van der Waals surface area contributed by atoms with Gasteiger partial charge in [0.15, 0.2) is 0 Å². The summed E-state index contributed by atoms with van der Waals surface area (Å²) in [5.41, 5.74) is 0.00166. The van der Waals surface area contributed by atoms with E-state index in [0.29, 0.717) is 24.5 Å². The highest BCUT2D eigenvalue weighted by molar-refractivity contribution is 9.10. The molecule has 19 heavy (non-hydrogen) atoms. The Morgan fingerprint density at radius 3 is 2.47 bits per heavy atom. The number of carboxylic acids is 1. The van der Waals surface area contributed by atoms with Crippen LogP contribution in [0.25, 0.3) is 0 Å². The molecule has 0 unspecified atom stereocenters. The predicted molar refractivity (Wildman–Crippen MR) is 77.0 cm³/mol. The van der Waals surface area contributed by atoms with Crippen LogP contribution < -0.4 is 9.47 Å². The molecule has 1 aromatic rings. The van der Waals surface area contributed by atoms with Crippen molar-refractivity contribution in [2.75, 3.05) is 13.7 Å². The minimum absolute atomic E-state index is 0.389. The molecule has 106 valence electrons. The molecule has 4 nitrogen and oxygen atoms in total. The fourth-order valence-electron chi connectivity index (χ4n) is 1.71. The summed E-state index contributed by atoms with van der Waals surface area (Å²) in [6.45, 7) is 5.80. The van der Waals surface area contributed by atoms with Gasteiger partial charge in [-0.3, -0.25) is 4.79 Å². The van der Waals surface area contributed by atoms with Gasteiger partial charge in [-0.05, 0) is 54.8 Å². The topological polar surface area (TPSA) is 55.8 Å². The van der Waals surface area contributed by atoms with Crippen molar-refractivity contribution in [2.24, 2.45) is 5.41 Å². The van der Waals surface area contributed by atoms with E-state index < -0.39 is 11.4 Å². The first-order chi connectivity index (χ1) is 8.81. The van der Waals surface area contributed by atoms with E-state index in [1.54, 1.807) is 27.0 Å². The Balaban J connectivity index is 3.18. The molecule has 0 heterocycles. The summed E-state index contributed by atoms with van der Waals surface area (Å²) < 4.78 is 11.6. The third-order valence-electron chi connectivity index (χ3n) is 2.85. The van der Waals surface area contributed by atoms with Crippen molar-refractivity contribution >= 4 is 21.9 Å². The summed E-state index contributed by atoms with van der Waals surface area (Å²) in [6.07, 6.45) is 0.389. The van der Waals surface area contributed by atoms with Crippen LogP contribution in [-0.2, 0) is 11.2 Å². The molecule has 0 aromatic heterocycles. The summed E-state index contributed by atoms with van der Waals surface area (Å²) in [6, 6.07) is 3.63. The van der Waals surface area contributed by atoms with Gasteiger partial charge in [0, 0.05) is 6.07 Å². The summed E-state index contributed by atoms with van der Waals surface area (Å²) in [4.78, 5) is 11.2. The van der Waals surface area contributed by atoms with Gasteiger partial charge >= 0.3 is 5.97 Å². The van der Waals surface area contributed by atoms with Crippen molar-refractivity contribution in [1.29, 1.82) is 0 Å². The zero-order valence-electron chi connectivity index (χ0n) is 11.6. The number of carbonyl (C=O) groups is 1. The van der Waals surface area contributed by atoms with Crippen LogP contribution in [0.1, 0.15) is 26.3 Å². The van der Waals surface area contributed by atoms with Gasteiger partial charge in [0.25, 0.3) is 0 Å². The van der Waals surface area contributed by atoms with Crippen molar-refractivity contribution < 1.29 is 19.4 Å². The highest BCUT2D eigenvalue weighted by atomic mass is 79.9. The number of benzene rings is 1. The smallest absolute Gasteiger partial charge is 0.309 e. The Labute approximate surface area is 121 Å². The van der Waals surface area contributed by atoms with Crippen molar-refractivity contribution in [3.8, 4) is 11.5 Å². The van der Waals surface area contributed by atoms with Crippen LogP contribution in [0.15, 0.2) is 16.6 Å². The maximum Gasteiger partial charge on any atom is 0.309 e. The van der Waals surface area contributed by atoms with Gasteiger partial charge in [-0.25, -0.2) is 0 Å². The standard InChI is InChI=1S/C14H19BrO4/c1-5-19-11-7-12(18-4)10(15)6-9(11)8-14(2,3)13(16)17/h6-7H,5,8H2,1-4H3,(H,16,17). The lowest BCUT2D eigenvalue weighted by Crippen LogP contribution is -2.26. The molecule has 0 amide bonds. The second kappa shape index (κ2) is 6.28. The van der Waals surface area contributed by atoms with E-state index in [1.807, 2.05) is 13.0 Å².